The van der Waals surface area contributed by atoms with Crippen molar-refractivity contribution < 1.29 is 14.3 Å². The molecule has 0 saturated heterocycles. The number of aromatic carboxylic acids is 1. The topological polar surface area (TPSA) is 98.2 Å². The fourth-order valence-corrected chi connectivity index (χ4v) is 1.89. The number of pyridine rings is 2. The van der Waals surface area contributed by atoms with Crippen LogP contribution in [-0.2, 0) is 6.54 Å². The molecule has 7 heteroatoms. The van der Waals surface area contributed by atoms with Gasteiger partial charge < -0.3 is 9.52 Å². The molecule has 100 valence electrons. The molecule has 20 heavy (non-hydrogen) atoms. The number of carbonyl (C=O) groups is 1. The molecule has 3 heterocycles. The summed E-state index contributed by atoms with van der Waals surface area (Å²) in [5.41, 5.74) is 1.16. The lowest BCUT2D eigenvalue weighted by Crippen LogP contribution is -2.16. The van der Waals surface area contributed by atoms with Crippen LogP contribution in [-0.4, -0.2) is 25.6 Å². The minimum atomic E-state index is -1.12. The van der Waals surface area contributed by atoms with Gasteiger partial charge in [-0.2, -0.15) is 0 Å². The van der Waals surface area contributed by atoms with E-state index < -0.39 is 11.7 Å². The van der Waals surface area contributed by atoms with Crippen molar-refractivity contribution in [3.8, 4) is 0 Å². The summed E-state index contributed by atoms with van der Waals surface area (Å²) in [5, 5.41) is 8.90. The van der Waals surface area contributed by atoms with E-state index in [0.29, 0.717) is 16.9 Å². The number of hydrogen-bond acceptors (Lipinski definition) is 5. The van der Waals surface area contributed by atoms with E-state index in [0.717, 1.165) is 0 Å². The minimum Gasteiger partial charge on any atom is -0.477 e. The molecule has 0 aliphatic carbocycles. The molecular weight excluding hydrogens is 262 g/mol. The van der Waals surface area contributed by atoms with Crippen molar-refractivity contribution in [2.75, 3.05) is 0 Å². The Bertz CT molecular complexity index is 850. The van der Waals surface area contributed by atoms with Gasteiger partial charge in [0.1, 0.15) is 5.69 Å². The van der Waals surface area contributed by atoms with Gasteiger partial charge in [-0.15, -0.1) is 0 Å². The monoisotopic (exact) mass is 271 g/mol. The van der Waals surface area contributed by atoms with Gasteiger partial charge in [-0.25, -0.2) is 19.6 Å². The summed E-state index contributed by atoms with van der Waals surface area (Å²) in [5.74, 6) is -1.67. The third kappa shape index (κ3) is 2.05. The Morgan fingerprint density at radius 2 is 2.15 bits per heavy atom. The molecule has 1 N–H and O–H groups in total. The van der Waals surface area contributed by atoms with Gasteiger partial charge in [0.15, 0.2) is 11.2 Å². The van der Waals surface area contributed by atoms with Crippen LogP contribution in [0.15, 0.2) is 45.7 Å². The molecule has 0 spiro atoms. The summed E-state index contributed by atoms with van der Waals surface area (Å²) in [6, 6.07) is 7.91. The van der Waals surface area contributed by atoms with E-state index in [-0.39, 0.29) is 12.2 Å². The zero-order chi connectivity index (χ0) is 14.1. The highest BCUT2D eigenvalue weighted by molar-refractivity contribution is 5.85. The first-order valence-corrected chi connectivity index (χ1v) is 5.79. The zero-order valence-electron chi connectivity index (χ0n) is 10.2. The first-order valence-electron chi connectivity index (χ1n) is 5.79. The Kier molecular flexibility index (Phi) is 2.79. The standard InChI is InChI=1S/C13H9N3O4/c17-12(18)9-4-1-3-8(15-9)7-16-11-10(20-13(16)19)5-2-6-14-11/h1-6H,7H2,(H,17,18). The quantitative estimate of drug-likeness (QED) is 0.766. The zero-order valence-corrected chi connectivity index (χ0v) is 10.2. The van der Waals surface area contributed by atoms with Gasteiger partial charge in [-0.05, 0) is 24.3 Å². The van der Waals surface area contributed by atoms with Gasteiger partial charge in [0.05, 0.1) is 12.2 Å². The number of rotatable bonds is 3. The van der Waals surface area contributed by atoms with Crippen LogP contribution in [0, 0.1) is 0 Å². The molecule has 0 atom stereocenters. The first-order chi connectivity index (χ1) is 9.65. The molecule has 0 fully saturated rings. The lowest BCUT2D eigenvalue weighted by atomic mass is 10.3. The second-order valence-electron chi connectivity index (χ2n) is 4.10. The number of hydrogen-bond donors (Lipinski definition) is 1. The summed E-state index contributed by atoms with van der Waals surface area (Å²) in [6.07, 6.45) is 1.55. The Hall–Kier alpha value is -2.96. The average molecular weight is 271 g/mol. The highest BCUT2D eigenvalue weighted by Crippen LogP contribution is 2.10. The van der Waals surface area contributed by atoms with E-state index in [1.807, 2.05) is 0 Å². The SMILES string of the molecule is O=C(O)c1cccc(Cn2c(=O)oc3cccnc32)n1. The number of nitrogens with zero attached hydrogens (tertiary/aromatic N) is 3. The van der Waals surface area contributed by atoms with Crippen molar-refractivity contribution in [2.45, 2.75) is 6.54 Å². The maximum Gasteiger partial charge on any atom is 0.421 e. The Morgan fingerprint density at radius 3 is 2.95 bits per heavy atom. The van der Waals surface area contributed by atoms with Crippen LogP contribution < -0.4 is 5.76 Å². The molecule has 0 bridgehead atoms. The molecule has 3 rings (SSSR count). The largest absolute Gasteiger partial charge is 0.477 e. The van der Waals surface area contributed by atoms with Crippen molar-refractivity contribution >= 4 is 17.2 Å². The highest BCUT2D eigenvalue weighted by Gasteiger charge is 2.12. The van der Waals surface area contributed by atoms with Crippen LogP contribution in [0.4, 0.5) is 0 Å². The summed E-state index contributed by atoms with van der Waals surface area (Å²) in [4.78, 5) is 30.7. The van der Waals surface area contributed by atoms with Crippen molar-refractivity contribution in [2.24, 2.45) is 0 Å². The molecule has 7 nitrogen and oxygen atoms in total. The molecule has 3 aromatic heterocycles. The van der Waals surface area contributed by atoms with Crippen LogP contribution in [0.5, 0.6) is 0 Å². The lowest BCUT2D eigenvalue weighted by molar-refractivity contribution is 0.0690. The smallest absolute Gasteiger partial charge is 0.421 e. The molecule has 0 aliphatic heterocycles. The van der Waals surface area contributed by atoms with E-state index in [1.165, 1.54) is 10.6 Å². The molecule has 3 aromatic rings. The van der Waals surface area contributed by atoms with E-state index in [2.05, 4.69) is 9.97 Å². The Balaban J connectivity index is 2.05. The molecule has 0 saturated carbocycles. The number of fused-ring (bicyclic) bond motifs is 1. The van der Waals surface area contributed by atoms with Gasteiger partial charge in [0, 0.05) is 6.20 Å². The van der Waals surface area contributed by atoms with Crippen LogP contribution >= 0.6 is 0 Å². The summed E-state index contributed by atoms with van der Waals surface area (Å²) < 4.78 is 6.36. The van der Waals surface area contributed by atoms with Crippen LogP contribution in [0.3, 0.4) is 0 Å². The average Bonchev–Trinajstić information content (AvgIpc) is 2.76. The van der Waals surface area contributed by atoms with Crippen LogP contribution in [0.1, 0.15) is 16.2 Å². The maximum absolute atomic E-state index is 11.8. The fourth-order valence-electron chi connectivity index (χ4n) is 1.89. The third-order valence-corrected chi connectivity index (χ3v) is 2.77. The lowest BCUT2D eigenvalue weighted by Gasteiger charge is -2.02. The second kappa shape index (κ2) is 4.61. The summed E-state index contributed by atoms with van der Waals surface area (Å²) in [7, 11) is 0. The molecule has 0 unspecified atom stereocenters. The number of oxazole rings is 1. The minimum absolute atomic E-state index is 0.0729. The van der Waals surface area contributed by atoms with E-state index in [4.69, 9.17) is 9.52 Å². The maximum atomic E-state index is 11.8. The van der Waals surface area contributed by atoms with E-state index in [1.54, 1.807) is 30.5 Å². The molecule has 0 radical (unpaired) electrons. The van der Waals surface area contributed by atoms with Crippen molar-refractivity contribution in [1.82, 2.24) is 14.5 Å². The fraction of sp³-hybridized carbons (Fsp3) is 0.0769. The van der Waals surface area contributed by atoms with Gasteiger partial charge in [-0.1, -0.05) is 6.07 Å². The predicted octanol–water partition coefficient (Wildman–Crippen LogP) is 1.13. The van der Waals surface area contributed by atoms with Gasteiger partial charge in [0.2, 0.25) is 0 Å². The van der Waals surface area contributed by atoms with Crippen LogP contribution in [0.25, 0.3) is 11.2 Å². The number of carboxylic acid groups (broad SMARTS) is 1. The first kappa shape index (κ1) is 12.1. The van der Waals surface area contributed by atoms with Gasteiger partial charge in [-0.3, -0.25) is 4.57 Å². The second-order valence-corrected chi connectivity index (χ2v) is 4.10. The Morgan fingerprint density at radius 1 is 1.30 bits per heavy atom. The van der Waals surface area contributed by atoms with Gasteiger partial charge in [0.25, 0.3) is 0 Å². The molecule has 0 aromatic carbocycles. The van der Waals surface area contributed by atoms with E-state index >= 15 is 0 Å². The summed E-state index contributed by atoms with van der Waals surface area (Å²) in [6.45, 7) is 0.101. The van der Waals surface area contributed by atoms with Crippen LogP contribution in [0.2, 0.25) is 0 Å². The van der Waals surface area contributed by atoms with Gasteiger partial charge >= 0.3 is 11.7 Å². The van der Waals surface area contributed by atoms with Crippen molar-refractivity contribution in [3.05, 3.63) is 58.5 Å². The predicted molar refractivity (Wildman–Crippen MR) is 68.6 cm³/mol. The number of aromatic nitrogens is 3. The Labute approximate surface area is 112 Å². The third-order valence-electron chi connectivity index (χ3n) is 2.77. The van der Waals surface area contributed by atoms with Crippen molar-refractivity contribution in [1.29, 1.82) is 0 Å². The van der Waals surface area contributed by atoms with E-state index in [9.17, 15) is 9.59 Å². The number of carboxylic acids is 1. The highest BCUT2D eigenvalue weighted by atomic mass is 16.4. The normalized spacial score (nSPS) is 10.8. The van der Waals surface area contributed by atoms with Crippen molar-refractivity contribution in [3.63, 3.8) is 0 Å². The molecular formula is C13H9N3O4. The summed E-state index contributed by atoms with van der Waals surface area (Å²) >= 11 is 0. The molecule has 0 aliphatic rings. The molecule has 0 amide bonds.